The van der Waals surface area contributed by atoms with E-state index < -0.39 is 30.1 Å². The minimum absolute atomic E-state index is 0.0159. The van der Waals surface area contributed by atoms with Crippen molar-refractivity contribution in [3.8, 4) is 0 Å². The van der Waals surface area contributed by atoms with Gasteiger partial charge in [0.1, 0.15) is 12.3 Å². The molecule has 0 radical (unpaired) electrons. The zero-order valence-electron chi connectivity index (χ0n) is 13.7. The lowest BCUT2D eigenvalue weighted by Gasteiger charge is -2.10. The Morgan fingerprint density at radius 1 is 1.07 bits per heavy atom. The average molecular weight is 381 g/mol. The maximum atomic E-state index is 12.8. The highest BCUT2D eigenvalue weighted by Crippen LogP contribution is 2.29. The van der Waals surface area contributed by atoms with Gasteiger partial charge in [-0.25, -0.2) is 4.79 Å². The van der Waals surface area contributed by atoms with E-state index in [1.807, 2.05) is 0 Å². The molecule has 2 aromatic rings. The lowest BCUT2D eigenvalue weighted by atomic mass is 10.0. The Kier molecular flexibility index (Phi) is 6.30. The Labute approximate surface area is 151 Å². The van der Waals surface area contributed by atoms with Crippen molar-refractivity contribution in [3.05, 3.63) is 70.8 Å². The molecule has 0 heterocycles. The summed E-state index contributed by atoms with van der Waals surface area (Å²) in [7, 11) is 0. The van der Waals surface area contributed by atoms with Gasteiger partial charge in [-0.15, -0.1) is 0 Å². The molecule has 6 nitrogen and oxygen atoms in total. The normalized spacial score (nSPS) is 11.9. The van der Waals surface area contributed by atoms with Gasteiger partial charge in [0, 0.05) is 16.7 Å². The van der Waals surface area contributed by atoms with E-state index in [4.69, 9.17) is 9.94 Å². The van der Waals surface area contributed by atoms with Gasteiger partial charge in [0.05, 0.1) is 12.2 Å². The molecule has 0 aliphatic rings. The second-order valence-electron chi connectivity index (χ2n) is 5.34. The number of aliphatic hydroxyl groups is 1. The summed E-state index contributed by atoms with van der Waals surface area (Å²) in [4.78, 5) is 27.5. The van der Waals surface area contributed by atoms with Crippen LogP contribution >= 0.6 is 0 Å². The fraction of sp³-hybridized carbons (Fsp3) is 0.167. The van der Waals surface area contributed by atoms with E-state index in [0.29, 0.717) is 0 Å². The Bertz CT molecular complexity index is 877. The molecule has 142 valence electrons. The van der Waals surface area contributed by atoms with Crippen LogP contribution in [-0.2, 0) is 22.4 Å². The molecule has 0 fully saturated rings. The van der Waals surface area contributed by atoms with Crippen molar-refractivity contribution in [1.82, 2.24) is 0 Å². The highest BCUT2D eigenvalue weighted by Gasteiger charge is 2.30. The van der Waals surface area contributed by atoms with Gasteiger partial charge >= 0.3 is 12.1 Å². The SMILES string of the molecule is O=C(O)C(=O)c1ccccc1CO/N=C(\CO)c1cccc(C(F)(F)F)c1. The molecule has 0 aliphatic heterocycles. The Morgan fingerprint density at radius 3 is 2.41 bits per heavy atom. The minimum atomic E-state index is -4.55. The Morgan fingerprint density at radius 2 is 1.78 bits per heavy atom. The average Bonchev–Trinajstić information content (AvgIpc) is 2.64. The molecule has 27 heavy (non-hydrogen) atoms. The van der Waals surface area contributed by atoms with Gasteiger partial charge in [-0.2, -0.15) is 13.2 Å². The van der Waals surface area contributed by atoms with Gasteiger partial charge in [-0.05, 0) is 12.1 Å². The number of carboxylic acid groups (broad SMARTS) is 1. The van der Waals surface area contributed by atoms with Gasteiger partial charge in [0.25, 0.3) is 5.78 Å². The third-order valence-electron chi connectivity index (χ3n) is 3.52. The molecule has 0 saturated heterocycles. The van der Waals surface area contributed by atoms with Crippen molar-refractivity contribution < 1.29 is 37.8 Å². The second-order valence-corrected chi connectivity index (χ2v) is 5.34. The molecule has 0 aliphatic carbocycles. The van der Waals surface area contributed by atoms with Crippen LogP contribution in [0.1, 0.15) is 27.0 Å². The van der Waals surface area contributed by atoms with E-state index in [1.165, 1.54) is 30.3 Å². The standard InChI is InChI=1S/C18H14F3NO5/c19-18(20,21)13-6-3-5-11(8-13)15(9-23)22-27-10-12-4-1-2-7-14(12)16(24)17(25)26/h1-8,23H,9-10H2,(H,25,26)/b22-15+. The zero-order chi connectivity index (χ0) is 20.0. The lowest BCUT2D eigenvalue weighted by Crippen LogP contribution is -2.15. The van der Waals surface area contributed by atoms with Crippen LogP contribution in [0.5, 0.6) is 0 Å². The number of Topliss-reactive ketones (excluding diaryl/α,β-unsaturated/α-hetero) is 1. The van der Waals surface area contributed by atoms with Crippen molar-refractivity contribution in [2.45, 2.75) is 12.8 Å². The number of nitrogens with zero attached hydrogens (tertiary/aromatic N) is 1. The number of carboxylic acids is 1. The largest absolute Gasteiger partial charge is 0.475 e. The van der Waals surface area contributed by atoms with Gasteiger partial charge in [-0.3, -0.25) is 4.79 Å². The fourth-order valence-corrected chi connectivity index (χ4v) is 2.21. The molecular weight excluding hydrogens is 367 g/mol. The van der Waals surface area contributed by atoms with Gasteiger partial charge in [-0.1, -0.05) is 41.6 Å². The number of ketones is 1. The van der Waals surface area contributed by atoms with E-state index in [1.54, 1.807) is 6.07 Å². The molecule has 0 aromatic heterocycles. The molecule has 0 bridgehead atoms. The fourth-order valence-electron chi connectivity index (χ4n) is 2.21. The van der Waals surface area contributed by atoms with E-state index in [-0.39, 0.29) is 29.0 Å². The van der Waals surface area contributed by atoms with Crippen LogP contribution in [0.3, 0.4) is 0 Å². The van der Waals surface area contributed by atoms with Gasteiger partial charge in [0.15, 0.2) is 0 Å². The summed E-state index contributed by atoms with van der Waals surface area (Å²) in [6.45, 7) is -0.991. The van der Waals surface area contributed by atoms with Crippen LogP contribution in [0.2, 0.25) is 0 Å². The summed E-state index contributed by atoms with van der Waals surface area (Å²) < 4.78 is 38.3. The predicted molar refractivity (Wildman–Crippen MR) is 88.3 cm³/mol. The van der Waals surface area contributed by atoms with Crippen LogP contribution in [0.25, 0.3) is 0 Å². The number of oxime groups is 1. The molecule has 2 rings (SSSR count). The van der Waals surface area contributed by atoms with Crippen LogP contribution < -0.4 is 0 Å². The topological polar surface area (TPSA) is 96.2 Å². The van der Waals surface area contributed by atoms with Crippen molar-refractivity contribution in [3.63, 3.8) is 0 Å². The first-order chi connectivity index (χ1) is 12.7. The first-order valence-corrected chi connectivity index (χ1v) is 7.57. The van der Waals surface area contributed by atoms with E-state index in [0.717, 1.165) is 12.1 Å². The molecule has 2 aromatic carbocycles. The summed E-state index contributed by atoms with van der Waals surface area (Å²) >= 11 is 0. The summed E-state index contributed by atoms with van der Waals surface area (Å²) in [6, 6.07) is 9.99. The molecular formula is C18H14F3NO5. The maximum absolute atomic E-state index is 12.8. The number of carbonyl (C=O) groups is 2. The molecule has 0 atom stereocenters. The van der Waals surface area contributed by atoms with Gasteiger partial charge in [0.2, 0.25) is 0 Å². The number of halogens is 3. The van der Waals surface area contributed by atoms with Gasteiger partial charge < -0.3 is 15.1 Å². The summed E-state index contributed by atoms with van der Waals surface area (Å²) in [5, 5.41) is 21.8. The molecule has 0 saturated carbocycles. The highest BCUT2D eigenvalue weighted by molar-refractivity contribution is 6.40. The number of rotatable bonds is 7. The second kappa shape index (κ2) is 8.45. The highest BCUT2D eigenvalue weighted by atomic mass is 19.4. The van der Waals surface area contributed by atoms with Crippen LogP contribution in [0.15, 0.2) is 53.7 Å². The third kappa shape index (κ3) is 5.14. The number of aliphatic carboxylic acids is 1. The molecule has 0 amide bonds. The van der Waals surface area contributed by atoms with E-state index in [9.17, 15) is 27.9 Å². The monoisotopic (exact) mass is 381 g/mol. The van der Waals surface area contributed by atoms with Crippen molar-refractivity contribution in [2.24, 2.45) is 5.16 Å². The number of carbonyl (C=O) groups excluding carboxylic acids is 1. The number of benzene rings is 2. The number of alkyl halides is 3. The lowest BCUT2D eigenvalue weighted by molar-refractivity contribution is -0.137. The minimum Gasteiger partial charge on any atom is -0.475 e. The predicted octanol–water partition coefficient (Wildman–Crippen LogP) is 2.89. The quantitative estimate of drug-likeness (QED) is 0.333. The van der Waals surface area contributed by atoms with Crippen LogP contribution in [0.4, 0.5) is 13.2 Å². The first-order valence-electron chi connectivity index (χ1n) is 7.57. The number of aliphatic hydroxyl groups excluding tert-OH is 1. The van der Waals surface area contributed by atoms with Crippen molar-refractivity contribution >= 4 is 17.5 Å². The summed E-state index contributed by atoms with van der Waals surface area (Å²) in [5.41, 5.74) is -0.899. The number of hydrogen-bond acceptors (Lipinski definition) is 5. The molecule has 0 unspecified atom stereocenters. The molecule has 9 heteroatoms. The number of hydrogen-bond donors (Lipinski definition) is 2. The first kappa shape index (κ1) is 20.1. The zero-order valence-corrected chi connectivity index (χ0v) is 13.7. The molecule has 0 spiro atoms. The molecule has 2 N–H and O–H groups in total. The Balaban J connectivity index is 2.20. The smallest absolute Gasteiger partial charge is 0.416 e. The van der Waals surface area contributed by atoms with E-state index in [2.05, 4.69) is 5.16 Å². The maximum Gasteiger partial charge on any atom is 0.416 e. The Hall–Kier alpha value is -3.20. The third-order valence-corrected chi connectivity index (χ3v) is 3.52. The summed E-state index contributed by atoms with van der Waals surface area (Å²) in [5.74, 6) is -2.76. The summed E-state index contributed by atoms with van der Waals surface area (Å²) in [6.07, 6.45) is -4.55. The van der Waals surface area contributed by atoms with E-state index >= 15 is 0 Å². The van der Waals surface area contributed by atoms with Crippen LogP contribution in [0, 0.1) is 0 Å². The van der Waals surface area contributed by atoms with Crippen molar-refractivity contribution in [1.29, 1.82) is 0 Å². The van der Waals surface area contributed by atoms with Crippen LogP contribution in [-0.4, -0.2) is 34.3 Å². The van der Waals surface area contributed by atoms with Crippen molar-refractivity contribution in [2.75, 3.05) is 6.61 Å².